The Morgan fingerprint density at radius 1 is 0.833 bits per heavy atom. The van der Waals surface area contributed by atoms with Gasteiger partial charge >= 0.3 is 0 Å². The van der Waals surface area contributed by atoms with Crippen LogP contribution in [0, 0.1) is 6.92 Å². The fourth-order valence-corrected chi connectivity index (χ4v) is 6.03. The topological polar surface area (TPSA) is 86.8 Å². The molecule has 1 N–H and O–H groups in total. The Kier molecular flexibility index (Phi) is 10.1. The highest BCUT2D eigenvalue weighted by Gasteiger charge is 2.33. The molecule has 2 atom stereocenters. The van der Waals surface area contributed by atoms with Crippen molar-refractivity contribution in [3.05, 3.63) is 114 Å². The lowest BCUT2D eigenvalue weighted by atomic mass is 10.0. The summed E-state index contributed by atoms with van der Waals surface area (Å²) in [4.78, 5) is 29.4. The van der Waals surface area contributed by atoms with E-state index < -0.39 is 28.5 Å². The zero-order valence-corrected chi connectivity index (χ0v) is 25.5. The molecule has 2 amide bonds. The first-order valence-corrected chi connectivity index (χ1v) is 15.7. The SMILES string of the molecule is CC[C@@H](C)NC(=O)[C@H](Cc1ccccc1)N(Cc1cccc(C)c1)C(=O)CN(C)S(=O)(=O)c1ccc2ccccc2c1. The molecule has 0 unspecified atom stereocenters. The summed E-state index contributed by atoms with van der Waals surface area (Å²) in [6, 6.07) is 28.9. The fraction of sp³-hybridized carbons (Fsp3) is 0.294. The van der Waals surface area contributed by atoms with E-state index in [1.54, 1.807) is 18.2 Å². The van der Waals surface area contributed by atoms with Crippen LogP contribution >= 0.6 is 0 Å². The quantitative estimate of drug-likeness (QED) is 0.244. The van der Waals surface area contributed by atoms with Gasteiger partial charge in [0.25, 0.3) is 0 Å². The van der Waals surface area contributed by atoms with Crippen molar-refractivity contribution in [3.8, 4) is 0 Å². The molecule has 7 nitrogen and oxygen atoms in total. The number of hydrogen-bond donors (Lipinski definition) is 1. The first-order chi connectivity index (χ1) is 20.1. The molecule has 0 saturated heterocycles. The van der Waals surface area contributed by atoms with Gasteiger partial charge in [-0.1, -0.05) is 97.4 Å². The van der Waals surface area contributed by atoms with Crippen LogP contribution in [0.1, 0.15) is 37.0 Å². The van der Waals surface area contributed by atoms with E-state index in [9.17, 15) is 18.0 Å². The van der Waals surface area contributed by atoms with Crippen LogP contribution in [0.2, 0.25) is 0 Å². The molecule has 8 heteroatoms. The molecule has 42 heavy (non-hydrogen) atoms. The summed E-state index contributed by atoms with van der Waals surface area (Å²) in [7, 11) is -2.58. The monoisotopic (exact) mass is 585 g/mol. The van der Waals surface area contributed by atoms with Gasteiger partial charge in [0.1, 0.15) is 6.04 Å². The van der Waals surface area contributed by atoms with Gasteiger partial charge in [0, 0.05) is 26.1 Å². The van der Waals surface area contributed by atoms with E-state index >= 15 is 0 Å². The Hall–Kier alpha value is -4.01. The van der Waals surface area contributed by atoms with Crippen LogP contribution in [0.25, 0.3) is 10.8 Å². The zero-order chi connectivity index (χ0) is 30.3. The van der Waals surface area contributed by atoms with E-state index in [2.05, 4.69) is 5.32 Å². The zero-order valence-electron chi connectivity index (χ0n) is 24.7. The van der Waals surface area contributed by atoms with Gasteiger partial charge in [-0.05, 0) is 54.3 Å². The fourth-order valence-electron chi connectivity index (χ4n) is 4.88. The maximum absolute atomic E-state index is 14.1. The number of rotatable bonds is 12. The molecule has 0 spiro atoms. The number of aryl methyl sites for hydroxylation is 1. The van der Waals surface area contributed by atoms with Gasteiger partial charge in [0.05, 0.1) is 11.4 Å². The molecule has 0 aliphatic carbocycles. The molecular weight excluding hydrogens is 546 g/mol. The highest BCUT2D eigenvalue weighted by molar-refractivity contribution is 7.89. The lowest BCUT2D eigenvalue weighted by Gasteiger charge is -2.33. The van der Waals surface area contributed by atoms with E-state index in [0.29, 0.717) is 6.42 Å². The lowest BCUT2D eigenvalue weighted by molar-refractivity contribution is -0.141. The van der Waals surface area contributed by atoms with Crippen LogP contribution in [-0.4, -0.2) is 55.1 Å². The van der Waals surface area contributed by atoms with Crippen molar-refractivity contribution in [2.45, 2.75) is 57.1 Å². The van der Waals surface area contributed by atoms with Crippen LogP contribution in [-0.2, 0) is 32.6 Å². The Morgan fingerprint density at radius 2 is 1.50 bits per heavy atom. The molecule has 220 valence electrons. The number of hydrogen-bond acceptors (Lipinski definition) is 4. The molecule has 0 heterocycles. The van der Waals surface area contributed by atoms with Crippen molar-refractivity contribution in [3.63, 3.8) is 0 Å². The molecule has 4 aromatic carbocycles. The van der Waals surface area contributed by atoms with E-state index in [4.69, 9.17) is 0 Å². The summed E-state index contributed by atoms with van der Waals surface area (Å²) in [6.45, 7) is 5.63. The Labute approximate surface area is 249 Å². The van der Waals surface area contributed by atoms with E-state index in [1.165, 1.54) is 11.9 Å². The number of benzene rings is 4. The molecule has 0 fully saturated rings. The number of nitrogens with zero attached hydrogens (tertiary/aromatic N) is 2. The van der Waals surface area contributed by atoms with Crippen LogP contribution < -0.4 is 5.32 Å². The minimum absolute atomic E-state index is 0.0809. The highest BCUT2D eigenvalue weighted by Crippen LogP contribution is 2.22. The molecule has 0 radical (unpaired) electrons. The molecule has 0 saturated carbocycles. The van der Waals surface area contributed by atoms with Gasteiger partial charge < -0.3 is 10.2 Å². The van der Waals surface area contributed by atoms with E-state index in [1.807, 2.05) is 99.6 Å². The Bertz CT molecular complexity index is 1640. The normalized spacial score (nSPS) is 13.1. The number of amides is 2. The van der Waals surface area contributed by atoms with Crippen molar-refractivity contribution in [1.82, 2.24) is 14.5 Å². The maximum atomic E-state index is 14.1. The second-order valence-electron chi connectivity index (χ2n) is 10.8. The van der Waals surface area contributed by atoms with Crippen LogP contribution in [0.3, 0.4) is 0 Å². The predicted octanol–water partition coefficient (Wildman–Crippen LogP) is 5.32. The summed E-state index contributed by atoms with van der Waals surface area (Å²) in [6.07, 6.45) is 1.03. The molecular formula is C34H39N3O4S. The summed E-state index contributed by atoms with van der Waals surface area (Å²) < 4.78 is 28.2. The average molecular weight is 586 g/mol. The third kappa shape index (κ3) is 7.63. The van der Waals surface area contributed by atoms with Crippen molar-refractivity contribution in [2.75, 3.05) is 13.6 Å². The second-order valence-corrected chi connectivity index (χ2v) is 12.8. The van der Waals surface area contributed by atoms with Gasteiger partial charge in [-0.25, -0.2) is 8.42 Å². The molecule has 0 aliphatic rings. The second kappa shape index (κ2) is 13.8. The minimum atomic E-state index is -3.98. The predicted molar refractivity (Wildman–Crippen MR) is 167 cm³/mol. The van der Waals surface area contributed by atoms with E-state index in [0.717, 1.165) is 38.2 Å². The van der Waals surface area contributed by atoms with Gasteiger partial charge in [-0.2, -0.15) is 4.31 Å². The van der Waals surface area contributed by atoms with Crippen LogP contribution in [0.5, 0.6) is 0 Å². The first-order valence-electron chi connectivity index (χ1n) is 14.2. The van der Waals surface area contributed by atoms with Gasteiger partial charge in [-0.15, -0.1) is 0 Å². The van der Waals surface area contributed by atoms with Gasteiger partial charge in [0.15, 0.2) is 0 Å². The standard InChI is InChI=1S/C34H39N3O4S/c1-5-26(3)35-34(39)32(21-27-13-7-6-8-14-27)37(23-28-15-11-12-25(2)20-28)33(38)24-36(4)42(40,41)31-19-18-29-16-9-10-17-30(29)22-31/h6-20,22,26,32H,5,21,23-24H2,1-4H3,(H,35,39)/t26-,32+/m1/s1. The van der Waals surface area contributed by atoms with Gasteiger partial charge in [-0.3, -0.25) is 9.59 Å². The van der Waals surface area contributed by atoms with E-state index in [-0.39, 0.29) is 23.4 Å². The Morgan fingerprint density at radius 3 is 2.19 bits per heavy atom. The minimum Gasteiger partial charge on any atom is -0.352 e. The smallest absolute Gasteiger partial charge is 0.243 e. The number of sulfonamides is 1. The Balaban J connectivity index is 1.68. The third-order valence-electron chi connectivity index (χ3n) is 7.49. The number of fused-ring (bicyclic) bond motifs is 1. The lowest BCUT2D eigenvalue weighted by Crippen LogP contribution is -2.54. The molecule has 4 rings (SSSR count). The van der Waals surface area contributed by atoms with Crippen molar-refractivity contribution < 1.29 is 18.0 Å². The summed E-state index contributed by atoms with van der Waals surface area (Å²) in [5, 5.41) is 4.77. The molecule has 0 bridgehead atoms. The maximum Gasteiger partial charge on any atom is 0.243 e. The van der Waals surface area contributed by atoms with Crippen molar-refractivity contribution in [1.29, 1.82) is 0 Å². The summed E-state index contributed by atoms with van der Waals surface area (Å²) >= 11 is 0. The third-order valence-corrected chi connectivity index (χ3v) is 9.29. The number of nitrogens with one attached hydrogen (secondary N) is 1. The highest BCUT2D eigenvalue weighted by atomic mass is 32.2. The molecule has 0 aromatic heterocycles. The number of carbonyl (C=O) groups is 2. The van der Waals surface area contributed by atoms with Crippen LogP contribution in [0.4, 0.5) is 0 Å². The average Bonchev–Trinajstić information content (AvgIpc) is 2.98. The number of carbonyl (C=O) groups excluding carboxylic acids is 2. The van der Waals surface area contributed by atoms with Crippen molar-refractivity contribution in [2.24, 2.45) is 0 Å². The summed E-state index contributed by atoms with van der Waals surface area (Å²) in [5.74, 6) is -0.724. The van der Waals surface area contributed by atoms with Gasteiger partial charge in [0.2, 0.25) is 21.8 Å². The van der Waals surface area contributed by atoms with Crippen molar-refractivity contribution >= 4 is 32.6 Å². The number of likely N-dealkylation sites (N-methyl/N-ethyl adjacent to an activating group) is 1. The largest absolute Gasteiger partial charge is 0.352 e. The van der Waals surface area contributed by atoms with Crippen LogP contribution in [0.15, 0.2) is 102 Å². The summed E-state index contributed by atoms with van der Waals surface area (Å²) in [5.41, 5.74) is 2.79. The first kappa shape index (κ1) is 30.9. The molecule has 4 aromatic rings. The molecule has 0 aliphatic heterocycles.